The summed E-state index contributed by atoms with van der Waals surface area (Å²) >= 11 is 1.23. The Bertz CT molecular complexity index is 843. The van der Waals surface area contributed by atoms with Crippen LogP contribution in [0.1, 0.15) is 28.7 Å². The smallest absolute Gasteiger partial charge is 0.308 e. The summed E-state index contributed by atoms with van der Waals surface area (Å²) in [6.45, 7) is 4.19. The van der Waals surface area contributed by atoms with E-state index in [0.717, 1.165) is 0 Å². The van der Waals surface area contributed by atoms with E-state index in [0.29, 0.717) is 28.7 Å². The van der Waals surface area contributed by atoms with Crippen molar-refractivity contribution < 1.29 is 23.9 Å². The number of anilines is 1. The van der Waals surface area contributed by atoms with Crippen molar-refractivity contribution in [2.24, 2.45) is 11.8 Å². The lowest BCUT2D eigenvalue weighted by Gasteiger charge is -2.14. The van der Waals surface area contributed by atoms with Gasteiger partial charge in [-0.25, -0.2) is 4.98 Å². The Balaban J connectivity index is 1.58. The first-order chi connectivity index (χ1) is 12.3. The van der Waals surface area contributed by atoms with Crippen LogP contribution in [0.25, 0.3) is 0 Å². The molecule has 138 valence electrons. The van der Waals surface area contributed by atoms with Crippen LogP contribution in [-0.2, 0) is 16.0 Å². The van der Waals surface area contributed by atoms with Gasteiger partial charge in [0.15, 0.2) is 5.13 Å². The topological polar surface area (TPSA) is 113 Å². The predicted octanol–water partition coefficient (Wildman–Crippen LogP) is 2.02. The third-order valence-electron chi connectivity index (χ3n) is 4.49. The van der Waals surface area contributed by atoms with Crippen LogP contribution in [0.3, 0.4) is 0 Å². The third-order valence-corrected chi connectivity index (χ3v) is 5.30. The summed E-state index contributed by atoms with van der Waals surface area (Å²) in [6.07, 6.45) is 1.52. The molecule has 2 atom stereocenters. The second kappa shape index (κ2) is 7.28. The predicted molar refractivity (Wildman–Crippen MR) is 94.1 cm³/mol. The van der Waals surface area contributed by atoms with E-state index in [2.05, 4.69) is 10.3 Å². The molecule has 2 aromatic rings. The normalized spacial score (nSPS) is 19.5. The SMILES string of the molecule is Cc1occc1C(=O)Nc1nc(CC(=O)N2C[C@@H](C)[C@H](C(=O)O)C2)cs1. The van der Waals surface area contributed by atoms with Crippen molar-refractivity contribution in [1.82, 2.24) is 9.88 Å². The Morgan fingerprint density at radius 3 is 2.81 bits per heavy atom. The minimum Gasteiger partial charge on any atom is -0.481 e. The van der Waals surface area contributed by atoms with Crippen LogP contribution in [0.4, 0.5) is 5.13 Å². The summed E-state index contributed by atoms with van der Waals surface area (Å²) in [4.78, 5) is 41.5. The van der Waals surface area contributed by atoms with E-state index in [4.69, 9.17) is 9.52 Å². The van der Waals surface area contributed by atoms with Crippen molar-refractivity contribution in [3.63, 3.8) is 0 Å². The average Bonchev–Trinajstić information content (AvgIpc) is 3.27. The van der Waals surface area contributed by atoms with Crippen LogP contribution in [-0.4, -0.2) is 45.9 Å². The Morgan fingerprint density at radius 1 is 1.42 bits per heavy atom. The van der Waals surface area contributed by atoms with E-state index < -0.39 is 11.9 Å². The fourth-order valence-electron chi connectivity index (χ4n) is 2.99. The van der Waals surface area contributed by atoms with Gasteiger partial charge < -0.3 is 14.4 Å². The first-order valence-corrected chi connectivity index (χ1v) is 9.03. The molecule has 26 heavy (non-hydrogen) atoms. The fraction of sp³-hybridized carbons (Fsp3) is 0.412. The van der Waals surface area contributed by atoms with E-state index in [1.807, 2.05) is 6.92 Å². The molecule has 0 saturated carbocycles. The number of carboxylic acid groups (broad SMARTS) is 1. The molecule has 9 heteroatoms. The third kappa shape index (κ3) is 3.77. The van der Waals surface area contributed by atoms with Crippen molar-refractivity contribution in [2.75, 3.05) is 18.4 Å². The maximum Gasteiger partial charge on any atom is 0.308 e. The molecule has 0 bridgehead atoms. The van der Waals surface area contributed by atoms with Crippen LogP contribution < -0.4 is 5.32 Å². The fourth-order valence-corrected chi connectivity index (χ4v) is 3.69. The molecule has 0 aliphatic carbocycles. The second-order valence-electron chi connectivity index (χ2n) is 6.39. The Labute approximate surface area is 153 Å². The monoisotopic (exact) mass is 377 g/mol. The molecule has 3 heterocycles. The number of hydrogen-bond donors (Lipinski definition) is 2. The lowest BCUT2D eigenvalue weighted by Crippen LogP contribution is -2.31. The molecule has 8 nitrogen and oxygen atoms in total. The number of carbonyl (C=O) groups is 3. The molecule has 1 aliphatic heterocycles. The molecule has 0 radical (unpaired) electrons. The lowest BCUT2D eigenvalue weighted by atomic mass is 9.99. The molecule has 0 spiro atoms. The number of aryl methyl sites for hydroxylation is 1. The molecule has 0 aromatic carbocycles. The summed E-state index contributed by atoms with van der Waals surface area (Å²) in [5.41, 5.74) is 0.981. The number of carbonyl (C=O) groups excluding carboxylic acids is 2. The Kier molecular flexibility index (Phi) is 5.08. The van der Waals surface area contributed by atoms with Crippen molar-refractivity contribution >= 4 is 34.3 Å². The highest BCUT2D eigenvalue weighted by Crippen LogP contribution is 2.24. The number of furan rings is 1. The first-order valence-electron chi connectivity index (χ1n) is 8.15. The molecule has 2 aromatic heterocycles. The van der Waals surface area contributed by atoms with Gasteiger partial charge in [-0.15, -0.1) is 11.3 Å². The average molecular weight is 377 g/mol. The second-order valence-corrected chi connectivity index (χ2v) is 7.24. The number of thiazole rings is 1. The van der Waals surface area contributed by atoms with Crippen LogP contribution in [0.15, 0.2) is 22.1 Å². The maximum atomic E-state index is 12.4. The zero-order valence-corrected chi connectivity index (χ0v) is 15.2. The largest absolute Gasteiger partial charge is 0.481 e. The minimum atomic E-state index is -0.874. The molecule has 2 amide bonds. The van der Waals surface area contributed by atoms with Crippen LogP contribution in [0.5, 0.6) is 0 Å². The van der Waals surface area contributed by atoms with Crippen LogP contribution >= 0.6 is 11.3 Å². The molecule has 3 rings (SSSR count). The number of nitrogens with one attached hydrogen (secondary N) is 1. The van der Waals surface area contributed by atoms with E-state index in [1.165, 1.54) is 17.6 Å². The molecular weight excluding hydrogens is 358 g/mol. The molecular formula is C17H19N3O5S. The summed E-state index contributed by atoms with van der Waals surface area (Å²) < 4.78 is 5.10. The van der Waals surface area contributed by atoms with Crippen molar-refractivity contribution in [3.8, 4) is 0 Å². The van der Waals surface area contributed by atoms with Gasteiger partial charge in [0, 0.05) is 18.5 Å². The number of aromatic nitrogens is 1. The summed E-state index contributed by atoms with van der Waals surface area (Å²) in [5, 5.41) is 14.0. The number of carboxylic acids is 1. The van der Waals surface area contributed by atoms with Crippen LogP contribution in [0.2, 0.25) is 0 Å². The standard InChI is InChI=1S/C17H19N3O5S/c1-9-6-20(7-13(9)16(23)24)14(21)5-11-8-26-17(18-11)19-15(22)12-3-4-25-10(12)2/h3-4,8-9,13H,5-7H2,1-2H3,(H,23,24)(H,18,19,22)/t9-,13-/m1/s1. The van der Waals surface area contributed by atoms with Crippen molar-refractivity contribution in [2.45, 2.75) is 20.3 Å². The highest BCUT2D eigenvalue weighted by Gasteiger charge is 2.36. The van der Waals surface area contributed by atoms with E-state index in [9.17, 15) is 14.4 Å². The summed E-state index contributed by atoms with van der Waals surface area (Å²) in [7, 11) is 0. The van der Waals surface area contributed by atoms with E-state index in [1.54, 1.807) is 23.3 Å². The number of nitrogens with zero attached hydrogens (tertiary/aromatic N) is 2. The number of likely N-dealkylation sites (tertiary alicyclic amines) is 1. The van der Waals surface area contributed by atoms with Gasteiger partial charge in [-0.1, -0.05) is 6.92 Å². The van der Waals surface area contributed by atoms with Crippen molar-refractivity contribution in [1.29, 1.82) is 0 Å². The van der Waals surface area contributed by atoms with Gasteiger partial charge in [0.1, 0.15) is 5.76 Å². The van der Waals surface area contributed by atoms with Gasteiger partial charge in [-0.2, -0.15) is 0 Å². The molecule has 1 aliphatic rings. The summed E-state index contributed by atoms with van der Waals surface area (Å²) in [5.74, 6) is -1.43. The summed E-state index contributed by atoms with van der Waals surface area (Å²) in [6, 6.07) is 1.58. The van der Waals surface area contributed by atoms with Gasteiger partial charge in [-0.3, -0.25) is 19.7 Å². The van der Waals surface area contributed by atoms with Gasteiger partial charge in [0.05, 0.1) is 29.9 Å². The van der Waals surface area contributed by atoms with E-state index in [-0.39, 0.29) is 30.7 Å². The zero-order valence-electron chi connectivity index (χ0n) is 14.4. The maximum absolute atomic E-state index is 12.4. The number of rotatable bonds is 5. The minimum absolute atomic E-state index is 0.0695. The first kappa shape index (κ1) is 18.1. The number of hydrogen-bond acceptors (Lipinski definition) is 6. The molecule has 1 saturated heterocycles. The van der Waals surface area contributed by atoms with Gasteiger partial charge in [0.2, 0.25) is 5.91 Å². The van der Waals surface area contributed by atoms with Crippen molar-refractivity contribution in [3.05, 3.63) is 34.7 Å². The van der Waals surface area contributed by atoms with Crippen LogP contribution in [0, 0.1) is 18.8 Å². The van der Waals surface area contributed by atoms with E-state index >= 15 is 0 Å². The Hall–Kier alpha value is -2.68. The highest BCUT2D eigenvalue weighted by molar-refractivity contribution is 7.14. The molecule has 0 unspecified atom stereocenters. The molecule has 1 fully saturated rings. The Morgan fingerprint density at radius 2 is 2.19 bits per heavy atom. The van der Waals surface area contributed by atoms with Gasteiger partial charge >= 0.3 is 5.97 Å². The zero-order chi connectivity index (χ0) is 18.8. The quantitative estimate of drug-likeness (QED) is 0.824. The number of aliphatic carboxylic acids is 1. The highest BCUT2D eigenvalue weighted by atomic mass is 32.1. The van der Waals surface area contributed by atoms with Gasteiger partial charge in [0.25, 0.3) is 5.91 Å². The molecule has 2 N–H and O–H groups in total. The van der Waals surface area contributed by atoms with Gasteiger partial charge in [-0.05, 0) is 18.9 Å². The number of amides is 2. The lowest BCUT2D eigenvalue weighted by molar-refractivity contribution is -0.142.